The highest BCUT2D eigenvalue weighted by Crippen LogP contribution is 2.29. The smallest absolute Gasteiger partial charge is 0.308 e. The van der Waals surface area contributed by atoms with Crippen molar-refractivity contribution < 1.29 is 14.7 Å². The molecule has 0 aliphatic heterocycles. The average molecular weight is 225 g/mol. The lowest BCUT2D eigenvalue weighted by Crippen LogP contribution is -2.35. The van der Waals surface area contributed by atoms with Crippen LogP contribution in [0.25, 0.3) is 0 Å². The van der Waals surface area contributed by atoms with E-state index in [0.717, 1.165) is 0 Å². The maximum atomic E-state index is 11.7. The SMILES string of the molecule is CCN(CC(C)C(=O)O)C(=O)/C=C/C1CC1. The Bertz CT molecular complexity index is 295. The van der Waals surface area contributed by atoms with E-state index in [1.165, 1.54) is 12.8 Å². The molecule has 0 aromatic rings. The Morgan fingerprint density at radius 3 is 2.56 bits per heavy atom. The number of likely N-dealkylation sites (N-methyl/N-ethyl adjacent to an activating group) is 1. The molecule has 0 aromatic carbocycles. The summed E-state index contributed by atoms with van der Waals surface area (Å²) in [6.45, 7) is 4.30. The Labute approximate surface area is 95.9 Å². The number of carboxylic acid groups (broad SMARTS) is 1. The molecule has 0 aromatic heterocycles. The van der Waals surface area contributed by atoms with Gasteiger partial charge in [0, 0.05) is 13.1 Å². The van der Waals surface area contributed by atoms with Gasteiger partial charge in [0.15, 0.2) is 0 Å². The Morgan fingerprint density at radius 2 is 2.12 bits per heavy atom. The highest BCUT2D eigenvalue weighted by Gasteiger charge is 2.20. The molecule has 0 heterocycles. The van der Waals surface area contributed by atoms with Gasteiger partial charge < -0.3 is 10.0 Å². The number of amides is 1. The summed E-state index contributed by atoms with van der Waals surface area (Å²) in [4.78, 5) is 24.0. The van der Waals surface area contributed by atoms with Crippen LogP contribution in [0, 0.1) is 11.8 Å². The van der Waals surface area contributed by atoms with Crippen LogP contribution in [0.5, 0.6) is 0 Å². The Hall–Kier alpha value is -1.32. The summed E-state index contributed by atoms with van der Waals surface area (Å²) in [6.07, 6.45) is 5.84. The molecule has 1 saturated carbocycles. The number of allylic oxidation sites excluding steroid dienone is 1. The lowest BCUT2D eigenvalue weighted by molar-refractivity contribution is -0.142. The van der Waals surface area contributed by atoms with E-state index in [0.29, 0.717) is 12.5 Å². The van der Waals surface area contributed by atoms with Gasteiger partial charge in [-0.05, 0) is 31.8 Å². The van der Waals surface area contributed by atoms with Crippen LogP contribution in [0.3, 0.4) is 0 Å². The van der Waals surface area contributed by atoms with E-state index in [9.17, 15) is 9.59 Å². The zero-order valence-electron chi connectivity index (χ0n) is 9.85. The summed E-state index contributed by atoms with van der Waals surface area (Å²) in [5.41, 5.74) is 0. The predicted molar refractivity (Wildman–Crippen MR) is 60.9 cm³/mol. The molecular formula is C12H19NO3. The largest absolute Gasteiger partial charge is 0.481 e. The van der Waals surface area contributed by atoms with Crippen molar-refractivity contribution in [3.05, 3.63) is 12.2 Å². The number of rotatable bonds is 6. The first-order valence-corrected chi connectivity index (χ1v) is 5.74. The Balaban J connectivity index is 2.45. The highest BCUT2D eigenvalue weighted by atomic mass is 16.4. The third kappa shape index (κ3) is 4.04. The van der Waals surface area contributed by atoms with E-state index < -0.39 is 11.9 Å². The summed E-state index contributed by atoms with van der Waals surface area (Å²) in [6, 6.07) is 0. The molecule has 4 heteroatoms. The van der Waals surface area contributed by atoms with E-state index in [-0.39, 0.29) is 12.5 Å². The van der Waals surface area contributed by atoms with Crippen molar-refractivity contribution in [3.63, 3.8) is 0 Å². The van der Waals surface area contributed by atoms with Crippen molar-refractivity contribution in [2.45, 2.75) is 26.7 Å². The molecule has 1 atom stereocenters. The van der Waals surface area contributed by atoms with Gasteiger partial charge in [0.05, 0.1) is 5.92 Å². The summed E-state index contributed by atoms with van der Waals surface area (Å²) in [7, 11) is 0. The normalized spacial score (nSPS) is 17.4. The molecule has 0 bridgehead atoms. The van der Waals surface area contributed by atoms with Crippen molar-refractivity contribution in [2.75, 3.05) is 13.1 Å². The van der Waals surface area contributed by atoms with Gasteiger partial charge in [0.1, 0.15) is 0 Å². The molecule has 16 heavy (non-hydrogen) atoms. The van der Waals surface area contributed by atoms with E-state index in [1.807, 2.05) is 13.0 Å². The maximum absolute atomic E-state index is 11.7. The van der Waals surface area contributed by atoms with Crippen molar-refractivity contribution in [2.24, 2.45) is 11.8 Å². The van der Waals surface area contributed by atoms with Gasteiger partial charge in [-0.25, -0.2) is 0 Å². The van der Waals surface area contributed by atoms with Crippen LogP contribution in [0.15, 0.2) is 12.2 Å². The van der Waals surface area contributed by atoms with Crippen LogP contribution in [-0.4, -0.2) is 35.0 Å². The number of aliphatic carboxylic acids is 1. The molecule has 1 rings (SSSR count). The molecule has 0 spiro atoms. The van der Waals surface area contributed by atoms with Gasteiger partial charge in [-0.15, -0.1) is 0 Å². The topological polar surface area (TPSA) is 57.6 Å². The van der Waals surface area contributed by atoms with Crippen molar-refractivity contribution in [1.29, 1.82) is 0 Å². The molecule has 1 aliphatic carbocycles. The number of carbonyl (C=O) groups is 2. The van der Waals surface area contributed by atoms with Gasteiger partial charge >= 0.3 is 5.97 Å². The first-order chi connectivity index (χ1) is 7.54. The zero-order chi connectivity index (χ0) is 12.1. The van der Waals surface area contributed by atoms with E-state index in [2.05, 4.69) is 0 Å². The minimum atomic E-state index is -0.863. The molecule has 1 N–H and O–H groups in total. The zero-order valence-corrected chi connectivity index (χ0v) is 9.85. The minimum absolute atomic E-state index is 0.0810. The van der Waals surface area contributed by atoms with E-state index in [1.54, 1.807) is 17.9 Å². The number of hydrogen-bond donors (Lipinski definition) is 1. The van der Waals surface area contributed by atoms with Gasteiger partial charge in [0.25, 0.3) is 0 Å². The third-order valence-corrected chi connectivity index (χ3v) is 2.74. The number of carbonyl (C=O) groups excluding carboxylic acids is 1. The molecule has 4 nitrogen and oxygen atoms in total. The Morgan fingerprint density at radius 1 is 1.50 bits per heavy atom. The molecule has 1 unspecified atom stereocenters. The fraction of sp³-hybridized carbons (Fsp3) is 0.667. The number of carboxylic acids is 1. The summed E-state index contributed by atoms with van der Waals surface area (Å²) in [5, 5.41) is 8.78. The molecule has 0 saturated heterocycles. The maximum Gasteiger partial charge on any atom is 0.308 e. The quantitative estimate of drug-likeness (QED) is 0.697. The summed E-state index contributed by atoms with van der Waals surface area (Å²) < 4.78 is 0. The van der Waals surface area contributed by atoms with Crippen molar-refractivity contribution >= 4 is 11.9 Å². The number of nitrogens with zero attached hydrogens (tertiary/aromatic N) is 1. The first kappa shape index (κ1) is 12.7. The molecule has 1 amide bonds. The second-order valence-corrected chi connectivity index (χ2v) is 4.31. The van der Waals surface area contributed by atoms with Crippen LogP contribution >= 0.6 is 0 Å². The van der Waals surface area contributed by atoms with E-state index in [4.69, 9.17) is 5.11 Å². The molecule has 0 radical (unpaired) electrons. The fourth-order valence-electron chi connectivity index (χ4n) is 1.40. The van der Waals surface area contributed by atoms with Crippen LogP contribution in [0.4, 0.5) is 0 Å². The van der Waals surface area contributed by atoms with Crippen molar-refractivity contribution in [1.82, 2.24) is 4.90 Å². The first-order valence-electron chi connectivity index (χ1n) is 5.74. The van der Waals surface area contributed by atoms with Gasteiger partial charge in [0.2, 0.25) is 5.91 Å². The third-order valence-electron chi connectivity index (χ3n) is 2.74. The summed E-state index contributed by atoms with van der Waals surface area (Å²) >= 11 is 0. The summed E-state index contributed by atoms with van der Waals surface area (Å²) in [5.74, 6) is -0.891. The van der Waals surface area contributed by atoms with Gasteiger partial charge in [-0.3, -0.25) is 9.59 Å². The Kier molecular flexibility index (Phi) is 4.52. The van der Waals surface area contributed by atoms with Gasteiger partial charge in [-0.1, -0.05) is 13.0 Å². The monoisotopic (exact) mass is 225 g/mol. The van der Waals surface area contributed by atoms with Crippen LogP contribution in [0.1, 0.15) is 26.7 Å². The van der Waals surface area contributed by atoms with Crippen LogP contribution in [-0.2, 0) is 9.59 Å². The van der Waals surface area contributed by atoms with E-state index >= 15 is 0 Å². The van der Waals surface area contributed by atoms with Crippen molar-refractivity contribution in [3.8, 4) is 0 Å². The molecule has 1 aliphatic rings. The van der Waals surface area contributed by atoms with Crippen LogP contribution < -0.4 is 0 Å². The molecule has 1 fully saturated rings. The van der Waals surface area contributed by atoms with Crippen LogP contribution in [0.2, 0.25) is 0 Å². The minimum Gasteiger partial charge on any atom is -0.481 e. The molecule has 90 valence electrons. The second kappa shape index (κ2) is 5.68. The highest BCUT2D eigenvalue weighted by molar-refractivity contribution is 5.88. The fourth-order valence-corrected chi connectivity index (χ4v) is 1.40. The lowest BCUT2D eigenvalue weighted by atomic mass is 10.1. The molecular weight excluding hydrogens is 206 g/mol. The lowest BCUT2D eigenvalue weighted by Gasteiger charge is -2.21. The standard InChI is InChI=1S/C12H19NO3/c1-3-13(8-9(2)12(15)16)11(14)7-6-10-4-5-10/h6-7,9-10H,3-5,8H2,1-2H3,(H,15,16)/b7-6+. The van der Waals surface area contributed by atoms with Gasteiger partial charge in [-0.2, -0.15) is 0 Å². The second-order valence-electron chi connectivity index (χ2n) is 4.31. The average Bonchev–Trinajstić information content (AvgIpc) is 3.05. The number of hydrogen-bond acceptors (Lipinski definition) is 2. The predicted octanol–water partition coefficient (Wildman–Crippen LogP) is 1.52.